The number of piperazine rings is 1. The van der Waals surface area contributed by atoms with Gasteiger partial charge in [0.25, 0.3) is 0 Å². The molecule has 1 aromatic heterocycles. The lowest BCUT2D eigenvalue weighted by Crippen LogP contribution is -2.47. The fourth-order valence-corrected chi connectivity index (χ4v) is 3.47. The molecule has 2 rings (SSSR count). The van der Waals surface area contributed by atoms with Gasteiger partial charge in [0, 0.05) is 57.6 Å². The molecule has 0 spiro atoms. The summed E-state index contributed by atoms with van der Waals surface area (Å²) in [5.41, 5.74) is 0. The van der Waals surface area contributed by atoms with Crippen molar-refractivity contribution in [1.29, 1.82) is 0 Å². The molecule has 22 heavy (non-hydrogen) atoms. The molecular weight excluding hydrogens is 324 g/mol. The van der Waals surface area contributed by atoms with Crippen LogP contribution in [0.1, 0.15) is 11.3 Å². The number of amides is 3. The Morgan fingerprint density at radius 3 is 2.50 bits per heavy atom. The summed E-state index contributed by atoms with van der Waals surface area (Å²) in [6.45, 7) is 5.45. The van der Waals surface area contributed by atoms with Crippen LogP contribution < -0.4 is 10.6 Å². The third-order valence-corrected chi connectivity index (χ3v) is 4.82. The number of thiophene rings is 1. The van der Waals surface area contributed by atoms with Crippen molar-refractivity contribution in [2.24, 2.45) is 0 Å². The van der Waals surface area contributed by atoms with E-state index in [1.54, 1.807) is 11.3 Å². The zero-order valence-corrected chi connectivity index (χ0v) is 14.2. The largest absolute Gasteiger partial charge is 0.341 e. The Hall–Kier alpha value is -1.15. The molecule has 1 saturated heterocycles. The van der Waals surface area contributed by atoms with Crippen LogP contribution in [0.15, 0.2) is 12.1 Å². The van der Waals surface area contributed by atoms with Crippen molar-refractivity contribution in [2.75, 3.05) is 39.8 Å². The third-order valence-electron chi connectivity index (χ3n) is 3.61. The van der Waals surface area contributed by atoms with Gasteiger partial charge in [-0.1, -0.05) is 11.6 Å². The van der Waals surface area contributed by atoms with Gasteiger partial charge in [-0.2, -0.15) is 0 Å². The number of nitrogens with one attached hydrogen (secondary N) is 2. The summed E-state index contributed by atoms with van der Waals surface area (Å²) in [6.07, 6.45) is 0.341. The average molecular weight is 345 g/mol. The molecule has 0 aliphatic carbocycles. The third kappa shape index (κ3) is 5.57. The Labute approximate surface area is 139 Å². The van der Waals surface area contributed by atoms with E-state index in [9.17, 15) is 9.59 Å². The minimum absolute atomic E-state index is 0.241. The summed E-state index contributed by atoms with van der Waals surface area (Å²) in [5.74, 6) is -0.241. The molecule has 0 atom stereocenters. The first-order valence-corrected chi connectivity index (χ1v) is 8.47. The van der Waals surface area contributed by atoms with E-state index < -0.39 is 6.03 Å². The molecular formula is C14H21ClN4O2S. The van der Waals surface area contributed by atoms with Gasteiger partial charge in [-0.05, 0) is 12.1 Å². The van der Waals surface area contributed by atoms with Gasteiger partial charge >= 0.3 is 6.03 Å². The summed E-state index contributed by atoms with van der Waals surface area (Å²) >= 11 is 7.57. The van der Waals surface area contributed by atoms with Gasteiger partial charge in [0.15, 0.2) is 0 Å². The molecule has 2 heterocycles. The maximum absolute atomic E-state index is 11.5. The van der Waals surface area contributed by atoms with E-state index in [2.05, 4.69) is 26.5 Å². The summed E-state index contributed by atoms with van der Waals surface area (Å²) < 4.78 is 0.829. The molecule has 0 aromatic carbocycles. The molecule has 0 bridgehead atoms. The molecule has 3 amide bonds. The van der Waals surface area contributed by atoms with Crippen LogP contribution in [-0.4, -0.2) is 61.5 Å². The highest BCUT2D eigenvalue weighted by Gasteiger charge is 2.18. The molecule has 1 aliphatic heterocycles. The smallest absolute Gasteiger partial charge is 0.321 e. The van der Waals surface area contributed by atoms with Gasteiger partial charge in [0.1, 0.15) is 0 Å². The molecule has 0 radical (unpaired) electrons. The summed E-state index contributed by atoms with van der Waals surface area (Å²) in [7, 11) is 1.49. The molecule has 0 saturated carbocycles. The van der Waals surface area contributed by atoms with E-state index in [0.29, 0.717) is 13.0 Å². The number of hydrogen-bond donors (Lipinski definition) is 2. The van der Waals surface area contributed by atoms with Gasteiger partial charge in [-0.25, -0.2) is 4.79 Å². The highest BCUT2D eigenvalue weighted by molar-refractivity contribution is 7.16. The fraction of sp³-hybridized carbons (Fsp3) is 0.571. The van der Waals surface area contributed by atoms with Crippen LogP contribution in [-0.2, 0) is 11.3 Å². The standard InChI is InChI=1S/C14H21ClN4O2S/c1-16-14(21)17-13(20)4-5-18-6-8-19(9-7-18)10-11-2-3-12(15)22-11/h2-3H,4-10H2,1H3,(H2,16,17,20,21). The van der Waals surface area contributed by atoms with Crippen molar-refractivity contribution < 1.29 is 9.59 Å². The van der Waals surface area contributed by atoms with Crippen molar-refractivity contribution in [3.05, 3.63) is 21.3 Å². The fourth-order valence-electron chi connectivity index (χ4n) is 2.34. The zero-order valence-electron chi connectivity index (χ0n) is 12.6. The van der Waals surface area contributed by atoms with Crippen LogP contribution in [0.5, 0.6) is 0 Å². The van der Waals surface area contributed by atoms with E-state index in [1.807, 2.05) is 6.07 Å². The van der Waals surface area contributed by atoms with Crippen molar-refractivity contribution in [3.63, 3.8) is 0 Å². The predicted octanol–water partition coefficient (Wildman–Crippen LogP) is 1.36. The highest BCUT2D eigenvalue weighted by Crippen LogP contribution is 2.23. The van der Waals surface area contributed by atoms with E-state index in [4.69, 9.17) is 11.6 Å². The Balaban J connectivity index is 1.64. The van der Waals surface area contributed by atoms with Gasteiger partial charge in [-0.3, -0.25) is 15.0 Å². The first-order valence-electron chi connectivity index (χ1n) is 7.27. The van der Waals surface area contributed by atoms with Crippen molar-refractivity contribution in [3.8, 4) is 0 Å². The second-order valence-corrected chi connectivity index (χ2v) is 7.00. The number of hydrogen-bond acceptors (Lipinski definition) is 5. The molecule has 2 N–H and O–H groups in total. The lowest BCUT2D eigenvalue weighted by atomic mass is 10.2. The monoisotopic (exact) mass is 344 g/mol. The van der Waals surface area contributed by atoms with Crippen LogP contribution in [0.4, 0.5) is 4.79 Å². The van der Waals surface area contributed by atoms with Gasteiger partial charge in [0.2, 0.25) is 5.91 Å². The quantitative estimate of drug-likeness (QED) is 0.846. The molecule has 6 nitrogen and oxygen atoms in total. The number of urea groups is 1. The number of imide groups is 1. The van der Waals surface area contributed by atoms with Crippen molar-refractivity contribution in [2.45, 2.75) is 13.0 Å². The normalized spacial score (nSPS) is 16.5. The van der Waals surface area contributed by atoms with Crippen molar-refractivity contribution in [1.82, 2.24) is 20.4 Å². The van der Waals surface area contributed by atoms with Crippen LogP contribution in [0, 0.1) is 0 Å². The number of nitrogens with zero attached hydrogens (tertiary/aromatic N) is 2. The van der Waals surface area contributed by atoms with Gasteiger partial charge in [-0.15, -0.1) is 11.3 Å². The van der Waals surface area contributed by atoms with E-state index >= 15 is 0 Å². The van der Waals surface area contributed by atoms with E-state index in [-0.39, 0.29) is 5.91 Å². The first-order chi connectivity index (χ1) is 10.6. The number of carbonyl (C=O) groups is 2. The highest BCUT2D eigenvalue weighted by atomic mass is 35.5. The van der Waals surface area contributed by atoms with Crippen LogP contribution in [0.25, 0.3) is 0 Å². The lowest BCUT2D eigenvalue weighted by Gasteiger charge is -2.34. The molecule has 8 heteroatoms. The maximum atomic E-state index is 11.5. The number of carbonyl (C=O) groups excluding carboxylic acids is 2. The molecule has 1 fully saturated rings. The second kappa shape index (κ2) is 8.47. The zero-order chi connectivity index (χ0) is 15.9. The Morgan fingerprint density at radius 1 is 1.23 bits per heavy atom. The Kier molecular flexibility index (Phi) is 6.63. The van der Waals surface area contributed by atoms with Crippen molar-refractivity contribution >= 4 is 34.9 Å². The SMILES string of the molecule is CNC(=O)NC(=O)CCN1CCN(Cc2ccc(Cl)s2)CC1. The summed E-state index contributed by atoms with van der Waals surface area (Å²) in [5, 5.41) is 4.64. The Morgan fingerprint density at radius 2 is 1.91 bits per heavy atom. The van der Waals surface area contributed by atoms with E-state index in [1.165, 1.54) is 11.9 Å². The lowest BCUT2D eigenvalue weighted by molar-refractivity contribution is -0.120. The van der Waals surface area contributed by atoms with Gasteiger partial charge in [0.05, 0.1) is 4.34 Å². The van der Waals surface area contributed by atoms with Gasteiger partial charge < -0.3 is 10.2 Å². The minimum Gasteiger partial charge on any atom is -0.341 e. The maximum Gasteiger partial charge on any atom is 0.321 e. The van der Waals surface area contributed by atoms with Crippen LogP contribution in [0.3, 0.4) is 0 Å². The molecule has 1 aliphatic rings. The molecule has 122 valence electrons. The Bertz CT molecular complexity index is 515. The first kappa shape index (κ1) is 17.2. The number of rotatable bonds is 5. The minimum atomic E-state index is -0.454. The topological polar surface area (TPSA) is 64.7 Å². The van der Waals surface area contributed by atoms with Crippen LogP contribution >= 0.6 is 22.9 Å². The van der Waals surface area contributed by atoms with E-state index in [0.717, 1.165) is 37.1 Å². The van der Waals surface area contributed by atoms with Crippen LogP contribution in [0.2, 0.25) is 4.34 Å². The summed E-state index contributed by atoms with van der Waals surface area (Å²) in [4.78, 5) is 28.5. The average Bonchev–Trinajstić information content (AvgIpc) is 2.91. The molecule has 1 aromatic rings. The summed E-state index contributed by atoms with van der Waals surface area (Å²) in [6, 6.07) is 3.55. The number of halogens is 1. The second-order valence-electron chi connectivity index (χ2n) is 5.20. The predicted molar refractivity (Wildman–Crippen MR) is 88.3 cm³/mol. The molecule has 0 unspecified atom stereocenters.